The van der Waals surface area contributed by atoms with E-state index in [-0.39, 0.29) is 12.4 Å². The highest BCUT2D eigenvalue weighted by molar-refractivity contribution is 6.62. The van der Waals surface area contributed by atoms with Crippen molar-refractivity contribution in [1.29, 1.82) is 0 Å². The van der Waals surface area contributed by atoms with Crippen LogP contribution in [-0.4, -0.2) is 34.9 Å². The van der Waals surface area contributed by atoms with Gasteiger partial charge in [0.15, 0.2) is 0 Å². The molecule has 0 bridgehead atoms. The van der Waals surface area contributed by atoms with Gasteiger partial charge in [-0.3, -0.25) is 4.90 Å². The number of hydrogen-bond donors (Lipinski definition) is 0. The molecule has 2 heterocycles. The lowest BCUT2D eigenvalue weighted by molar-refractivity contribution is 0.00578. The molecule has 2 aliphatic rings. The minimum Gasteiger partial charge on any atom is -0.444 e. The van der Waals surface area contributed by atoms with Crippen molar-refractivity contribution in [2.24, 2.45) is 0 Å². The molecule has 26 heavy (non-hydrogen) atoms. The van der Waals surface area contributed by atoms with Gasteiger partial charge in [-0.15, -0.1) is 0 Å². The van der Waals surface area contributed by atoms with Gasteiger partial charge in [0.25, 0.3) is 0 Å². The maximum absolute atomic E-state index is 14.7. The first-order chi connectivity index (χ1) is 11.8. The monoisotopic (exact) mass is 363 g/mol. The van der Waals surface area contributed by atoms with Crippen molar-refractivity contribution >= 4 is 18.7 Å². The van der Waals surface area contributed by atoms with Crippen LogP contribution >= 0.6 is 0 Å². The summed E-state index contributed by atoms with van der Waals surface area (Å²) in [7, 11) is -0.629. The second-order valence-corrected chi connectivity index (χ2v) is 9.07. The summed E-state index contributed by atoms with van der Waals surface area (Å²) in [5.41, 5.74) is 0.353. The second-order valence-electron chi connectivity index (χ2n) is 9.07. The van der Waals surface area contributed by atoms with E-state index in [1.807, 2.05) is 54.5 Å². The largest absolute Gasteiger partial charge is 0.494 e. The molecule has 0 saturated carbocycles. The van der Waals surface area contributed by atoms with Crippen molar-refractivity contribution in [2.45, 2.75) is 78.4 Å². The lowest BCUT2D eigenvalue weighted by Gasteiger charge is -2.32. The van der Waals surface area contributed by atoms with E-state index in [1.54, 1.807) is 0 Å². The van der Waals surface area contributed by atoms with Crippen LogP contribution in [0.5, 0.6) is 0 Å². The van der Waals surface area contributed by atoms with Crippen molar-refractivity contribution in [3.63, 3.8) is 0 Å². The van der Waals surface area contributed by atoms with E-state index in [2.05, 4.69) is 0 Å². The summed E-state index contributed by atoms with van der Waals surface area (Å²) in [6, 6.07) is 3.31. The molecule has 0 unspecified atom stereocenters. The molecule has 0 spiro atoms. The quantitative estimate of drug-likeness (QED) is 0.718. The summed E-state index contributed by atoms with van der Waals surface area (Å²) in [4.78, 5) is 13.8. The van der Waals surface area contributed by atoms with Crippen LogP contribution in [0, 0.1) is 5.82 Å². The molecule has 1 aromatic carbocycles. The number of rotatable bonds is 1. The number of ether oxygens (including phenoxy) is 1. The molecule has 0 aliphatic carbocycles. The zero-order valence-electron chi connectivity index (χ0n) is 16.6. The van der Waals surface area contributed by atoms with Crippen LogP contribution in [0.15, 0.2) is 12.1 Å². The second kappa shape index (κ2) is 5.96. The summed E-state index contributed by atoms with van der Waals surface area (Å²) in [5, 5.41) is 0. The molecule has 1 fully saturated rings. The Bertz CT molecular complexity index is 726. The number of benzene rings is 1. The van der Waals surface area contributed by atoms with E-state index < -0.39 is 30.0 Å². The Labute approximate surface area is 154 Å². The zero-order valence-corrected chi connectivity index (χ0v) is 16.6. The normalized spacial score (nSPS) is 21.1. The molecule has 1 aromatic rings. The average Bonchev–Trinajstić information content (AvgIpc) is 2.96. The van der Waals surface area contributed by atoms with E-state index >= 15 is 0 Å². The summed E-state index contributed by atoms with van der Waals surface area (Å²) >= 11 is 0. The van der Waals surface area contributed by atoms with Crippen LogP contribution in [0.2, 0.25) is 0 Å². The summed E-state index contributed by atoms with van der Waals surface area (Å²) in [6.45, 7) is 13.8. The minimum absolute atomic E-state index is 0.208. The molecule has 2 aliphatic heterocycles. The summed E-state index contributed by atoms with van der Waals surface area (Å²) in [6.07, 6.45) is -0.440. The topological polar surface area (TPSA) is 48.0 Å². The maximum atomic E-state index is 14.7. The standard InChI is InChI=1S/C19H27BFNO4/c1-17(2,3)24-16(23)22-10-12-8-13(9-15(21)14(12)11-22)20-25-18(4,5)19(6,7)26-20/h8-9H,10-11H2,1-7H3. The van der Waals surface area contributed by atoms with Crippen LogP contribution in [-0.2, 0) is 27.1 Å². The van der Waals surface area contributed by atoms with Gasteiger partial charge in [0.1, 0.15) is 11.4 Å². The van der Waals surface area contributed by atoms with Crippen LogP contribution in [0.1, 0.15) is 59.6 Å². The minimum atomic E-state index is -0.629. The molecule has 1 amide bonds. The van der Waals surface area contributed by atoms with Gasteiger partial charge < -0.3 is 14.0 Å². The number of nitrogens with zero attached hydrogens (tertiary/aromatic N) is 1. The lowest BCUT2D eigenvalue weighted by atomic mass is 9.78. The zero-order chi connectivity index (χ0) is 19.5. The van der Waals surface area contributed by atoms with Gasteiger partial charge in [-0.05, 0) is 65.6 Å². The third-order valence-corrected chi connectivity index (χ3v) is 5.20. The molecule has 1 saturated heterocycles. The molecule has 5 nitrogen and oxygen atoms in total. The first kappa shape index (κ1) is 19.2. The van der Waals surface area contributed by atoms with Crippen LogP contribution in [0.4, 0.5) is 9.18 Å². The Kier molecular flexibility index (Phi) is 4.39. The van der Waals surface area contributed by atoms with Gasteiger partial charge in [-0.1, -0.05) is 6.07 Å². The van der Waals surface area contributed by atoms with Gasteiger partial charge in [0.2, 0.25) is 0 Å². The molecule has 0 radical (unpaired) electrons. The molecule has 0 aromatic heterocycles. The average molecular weight is 363 g/mol. The number of hydrogen-bond acceptors (Lipinski definition) is 4. The van der Waals surface area contributed by atoms with Gasteiger partial charge in [-0.25, -0.2) is 9.18 Å². The number of amides is 1. The predicted molar refractivity (Wildman–Crippen MR) is 97.6 cm³/mol. The Morgan fingerprint density at radius 1 is 1.15 bits per heavy atom. The smallest absolute Gasteiger partial charge is 0.444 e. The third kappa shape index (κ3) is 3.47. The van der Waals surface area contributed by atoms with Crippen molar-refractivity contribution in [3.05, 3.63) is 29.1 Å². The van der Waals surface area contributed by atoms with Crippen LogP contribution < -0.4 is 5.46 Å². The van der Waals surface area contributed by atoms with Crippen LogP contribution in [0.25, 0.3) is 0 Å². The maximum Gasteiger partial charge on any atom is 0.494 e. The predicted octanol–water partition coefficient (Wildman–Crippen LogP) is 3.38. The molecule has 0 N–H and O–H groups in total. The highest BCUT2D eigenvalue weighted by atomic mass is 19.1. The SMILES string of the molecule is CC(C)(C)OC(=O)N1Cc2cc(B3OC(C)(C)C(C)(C)O3)cc(F)c2C1. The Morgan fingerprint density at radius 3 is 2.27 bits per heavy atom. The first-order valence-corrected chi connectivity index (χ1v) is 8.94. The van der Waals surface area contributed by atoms with Crippen LogP contribution in [0.3, 0.4) is 0 Å². The Balaban J connectivity index is 1.81. The highest BCUT2D eigenvalue weighted by Gasteiger charge is 2.52. The number of fused-ring (bicyclic) bond motifs is 1. The summed E-state index contributed by atoms with van der Waals surface area (Å²) in [5.74, 6) is -0.349. The van der Waals surface area contributed by atoms with Crippen molar-refractivity contribution in [2.75, 3.05) is 0 Å². The molecular formula is C19H27BFNO4. The number of carbonyl (C=O) groups excluding carboxylic acids is 1. The van der Waals surface area contributed by atoms with Crippen molar-refractivity contribution in [3.8, 4) is 0 Å². The van der Waals surface area contributed by atoms with Crippen molar-refractivity contribution < 1.29 is 23.2 Å². The fraction of sp³-hybridized carbons (Fsp3) is 0.632. The third-order valence-electron chi connectivity index (χ3n) is 5.20. The number of carbonyl (C=O) groups is 1. The van der Waals surface area contributed by atoms with E-state index in [9.17, 15) is 9.18 Å². The molecule has 0 atom stereocenters. The van der Waals surface area contributed by atoms with E-state index in [0.717, 1.165) is 5.56 Å². The summed E-state index contributed by atoms with van der Waals surface area (Å²) < 4.78 is 32.1. The Hall–Kier alpha value is -1.60. The first-order valence-electron chi connectivity index (χ1n) is 8.94. The van der Waals surface area contributed by atoms with Gasteiger partial charge in [-0.2, -0.15) is 0 Å². The molecule has 142 valence electrons. The fourth-order valence-electron chi connectivity index (χ4n) is 3.06. The molecule has 7 heteroatoms. The number of halogens is 1. The molecular weight excluding hydrogens is 336 g/mol. The van der Waals surface area contributed by atoms with E-state index in [0.29, 0.717) is 17.6 Å². The van der Waals surface area contributed by atoms with E-state index in [1.165, 1.54) is 11.0 Å². The van der Waals surface area contributed by atoms with Gasteiger partial charge >= 0.3 is 13.2 Å². The lowest BCUT2D eigenvalue weighted by Crippen LogP contribution is -2.41. The highest BCUT2D eigenvalue weighted by Crippen LogP contribution is 2.37. The fourth-order valence-corrected chi connectivity index (χ4v) is 3.06. The molecule has 3 rings (SSSR count). The van der Waals surface area contributed by atoms with Crippen molar-refractivity contribution in [1.82, 2.24) is 4.90 Å². The van der Waals surface area contributed by atoms with E-state index in [4.69, 9.17) is 14.0 Å². The van der Waals surface area contributed by atoms with Gasteiger partial charge in [0, 0.05) is 12.1 Å². The Morgan fingerprint density at radius 2 is 1.73 bits per heavy atom. The van der Waals surface area contributed by atoms with Gasteiger partial charge in [0.05, 0.1) is 17.7 Å².